The maximum atomic E-state index is 13.6. The van der Waals surface area contributed by atoms with Crippen LogP contribution in [-0.4, -0.2) is 36.0 Å². The summed E-state index contributed by atoms with van der Waals surface area (Å²) in [6, 6.07) is 6.62. The molecule has 0 unspecified atom stereocenters. The van der Waals surface area contributed by atoms with Crippen molar-refractivity contribution >= 4 is 11.6 Å². The van der Waals surface area contributed by atoms with Crippen LogP contribution >= 0.6 is 0 Å². The van der Waals surface area contributed by atoms with Gasteiger partial charge in [0.25, 0.3) is 5.91 Å². The molecule has 5 nitrogen and oxygen atoms in total. The highest BCUT2D eigenvalue weighted by atomic mass is 19.1. The number of aromatic nitrogens is 2. The first-order valence-corrected chi connectivity index (χ1v) is 6.68. The van der Waals surface area contributed by atoms with Gasteiger partial charge >= 0.3 is 0 Å². The topological polar surface area (TPSA) is 58.1 Å². The molecule has 0 saturated heterocycles. The van der Waals surface area contributed by atoms with E-state index in [-0.39, 0.29) is 11.7 Å². The monoisotopic (exact) mass is 288 g/mol. The standard InChI is InChI=1S/C15H17FN4O/c1-20(14-6-3-2-5-12(14)16)10-4-7-19-15(21)13-11-17-8-9-18-13/h2-3,5-6,8-9,11H,4,7,10H2,1H3,(H,19,21). The Hall–Kier alpha value is -2.50. The lowest BCUT2D eigenvalue weighted by molar-refractivity contribution is 0.0948. The maximum absolute atomic E-state index is 13.6. The molecule has 0 spiro atoms. The SMILES string of the molecule is CN(CCCNC(=O)c1cnccn1)c1ccccc1F. The van der Waals surface area contributed by atoms with Gasteiger partial charge in [-0.15, -0.1) is 0 Å². The minimum Gasteiger partial charge on any atom is -0.372 e. The molecule has 2 rings (SSSR count). The number of carbonyl (C=O) groups excluding carboxylic acids is 1. The van der Waals surface area contributed by atoms with Crippen LogP contribution in [0.15, 0.2) is 42.9 Å². The van der Waals surface area contributed by atoms with E-state index >= 15 is 0 Å². The smallest absolute Gasteiger partial charge is 0.271 e. The Morgan fingerprint density at radius 1 is 1.33 bits per heavy atom. The zero-order chi connectivity index (χ0) is 15.1. The van der Waals surface area contributed by atoms with Crippen LogP contribution in [0.3, 0.4) is 0 Å². The zero-order valence-corrected chi connectivity index (χ0v) is 11.8. The normalized spacial score (nSPS) is 10.2. The first kappa shape index (κ1) is 14.9. The number of benzene rings is 1. The fourth-order valence-corrected chi connectivity index (χ4v) is 1.91. The Kier molecular flexibility index (Phi) is 5.20. The summed E-state index contributed by atoms with van der Waals surface area (Å²) in [6.45, 7) is 1.13. The number of carbonyl (C=O) groups is 1. The Labute approximate surface area is 122 Å². The van der Waals surface area contributed by atoms with Crippen LogP contribution in [0.1, 0.15) is 16.9 Å². The summed E-state index contributed by atoms with van der Waals surface area (Å²) < 4.78 is 13.6. The van der Waals surface area contributed by atoms with Crippen LogP contribution in [0.5, 0.6) is 0 Å². The molecule has 0 atom stereocenters. The fourth-order valence-electron chi connectivity index (χ4n) is 1.91. The van der Waals surface area contributed by atoms with Crippen LogP contribution in [0.25, 0.3) is 0 Å². The summed E-state index contributed by atoms with van der Waals surface area (Å²) in [4.78, 5) is 21.3. The lowest BCUT2D eigenvalue weighted by Crippen LogP contribution is -2.29. The molecular weight excluding hydrogens is 271 g/mol. The second kappa shape index (κ2) is 7.33. The van der Waals surface area contributed by atoms with E-state index in [0.29, 0.717) is 30.9 Å². The van der Waals surface area contributed by atoms with Crippen LogP contribution in [0.2, 0.25) is 0 Å². The average molecular weight is 288 g/mol. The van der Waals surface area contributed by atoms with Gasteiger partial charge in [-0.2, -0.15) is 0 Å². The van der Waals surface area contributed by atoms with Gasteiger partial charge < -0.3 is 10.2 Å². The minimum absolute atomic E-state index is 0.247. The van der Waals surface area contributed by atoms with E-state index < -0.39 is 0 Å². The Balaban J connectivity index is 1.75. The van der Waals surface area contributed by atoms with E-state index in [4.69, 9.17) is 0 Å². The van der Waals surface area contributed by atoms with E-state index in [1.807, 2.05) is 11.9 Å². The summed E-state index contributed by atoms with van der Waals surface area (Å²) in [6.07, 6.45) is 5.11. The lowest BCUT2D eigenvalue weighted by Gasteiger charge is -2.19. The lowest BCUT2D eigenvalue weighted by atomic mass is 10.2. The van der Waals surface area contributed by atoms with Gasteiger partial charge in [-0.25, -0.2) is 9.37 Å². The van der Waals surface area contributed by atoms with E-state index in [1.54, 1.807) is 18.2 Å². The zero-order valence-electron chi connectivity index (χ0n) is 11.8. The second-order valence-corrected chi connectivity index (χ2v) is 4.57. The number of nitrogens with one attached hydrogen (secondary N) is 1. The van der Waals surface area contributed by atoms with Crippen molar-refractivity contribution in [3.8, 4) is 0 Å². The molecule has 0 fully saturated rings. The maximum Gasteiger partial charge on any atom is 0.271 e. The summed E-state index contributed by atoms with van der Waals surface area (Å²) in [5.74, 6) is -0.500. The van der Waals surface area contributed by atoms with E-state index in [9.17, 15) is 9.18 Å². The van der Waals surface area contributed by atoms with Crippen molar-refractivity contribution in [2.75, 3.05) is 25.0 Å². The van der Waals surface area contributed by atoms with E-state index in [1.165, 1.54) is 24.7 Å². The van der Waals surface area contributed by atoms with Gasteiger partial charge in [-0.3, -0.25) is 9.78 Å². The van der Waals surface area contributed by atoms with E-state index in [0.717, 1.165) is 0 Å². The molecule has 1 aromatic carbocycles. The molecule has 1 N–H and O–H groups in total. The van der Waals surface area contributed by atoms with Gasteiger partial charge in [0, 0.05) is 32.5 Å². The summed E-state index contributed by atoms with van der Waals surface area (Å²) in [5, 5.41) is 2.76. The molecule has 0 aliphatic heterocycles. The number of nitrogens with zero attached hydrogens (tertiary/aromatic N) is 3. The van der Waals surface area contributed by atoms with Crippen molar-refractivity contribution in [3.05, 3.63) is 54.4 Å². The predicted molar refractivity (Wildman–Crippen MR) is 78.7 cm³/mol. The molecule has 0 aliphatic rings. The Bertz CT molecular complexity index is 591. The number of amides is 1. The third-order valence-electron chi connectivity index (χ3n) is 3.02. The van der Waals surface area contributed by atoms with Crippen LogP contribution in [0, 0.1) is 5.82 Å². The van der Waals surface area contributed by atoms with Crippen LogP contribution in [-0.2, 0) is 0 Å². The molecule has 6 heteroatoms. The van der Waals surface area contributed by atoms with Crippen molar-refractivity contribution in [1.29, 1.82) is 0 Å². The highest BCUT2D eigenvalue weighted by Crippen LogP contribution is 2.16. The largest absolute Gasteiger partial charge is 0.372 e. The summed E-state index contributed by atoms with van der Waals surface area (Å²) >= 11 is 0. The van der Waals surface area contributed by atoms with Crippen molar-refractivity contribution < 1.29 is 9.18 Å². The third kappa shape index (κ3) is 4.24. The molecule has 0 aliphatic carbocycles. The molecule has 1 heterocycles. The average Bonchev–Trinajstić information content (AvgIpc) is 2.52. The number of anilines is 1. The highest BCUT2D eigenvalue weighted by molar-refractivity contribution is 5.91. The Morgan fingerprint density at radius 2 is 2.14 bits per heavy atom. The molecule has 1 aromatic heterocycles. The van der Waals surface area contributed by atoms with Crippen LogP contribution < -0.4 is 10.2 Å². The highest BCUT2D eigenvalue weighted by Gasteiger charge is 2.08. The number of para-hydroxylation sites is 1. The van der Waals surface area contributed by atoms with Gasteiger partial charge in [0.05, 0.1) is 11.9 Å². The van der Waals surface area contributed by atoms with Crippen molar-refractivity contribution in [3.63, 3.8) is 0 Å². The first-order valence-electron chi connectivity index (χ1n) is 6.68. The second-order valence-electron chi connectivity index (χ2n) is 4.57. The third-order valence-corrected chi connectivity index (χ3v) is 3.02. The first-order chi connectivity index (χ1) is 10.2. The van der Waals surface area contributed by atoms with Crippen LogP contribution in [0.4, 0.5) is 10.1 Å². The number of halogens is 1. The van der Waals surface area contributed by atoms with Crippen molar-refractivity contribution in [1.82, 2.24) is 15.3 Å². The summed E-state index contributed by atoms with van der Waals surface area (Å²) in [7, 11) is 1.82. The molecule has 0 radical (unpaired) electrons. The molecule has 21 heavy (non-hydrogen) atoms. The molecular formula is C15H17FN4O. The number of hydrogen-bond acceptors (Lipinski definition) is 4. The minimum atomic E-state index is -0.253. The van der Waals surface area contributed by atoms with E-state index in [2.05, 4.69) is 15.3 Å². The van der Waals surface area contributed by atoms with Gasteiger partial charge in [-0.1, -0.05) is 12.1 Å². The molecule has 110 valence electrons. The predicted octanol–water partition coefficient (Wildman–Crippen LogP) is 1.87. The van der Waals surface area contributed by atoms with Crippen molar-refractivity contribution in [2.24, 2.45) is 0 Å². The fraction of sp³-hybridized carbons (Fsp3) is 0.267. The molecule has 0 saturated carbocycles. The van der Waals surface area contributed by atoms with Gasteiger partial charge in [0.1, 0.15) is 11.5 Å². The Morgan fingerprint density at radius 3 is 2.86 bits per heavy atom. The molecule has 0 bridgehead atoms. The molecule has 2 aromatic rings. The molecule has 1 amide bonds. The summed E-state index contributed by atoms with van der Waals surface area (Å²) in [5.41, 5.74) is 0.845. The number of hydrogen-bond donors (Lipinski definition) is 1. The van der Waals surface area contributed by atoms with Gasteiger partial charge in [0.15, 0.2) is 0 Å². The number of rotatable bonds is 6. The van der Waals surface area contributed by atoms with Gasteiger partial charge in [0.2, 0.25) is 0 Å². The van der Waals surface area contributed by atoms with Crippen molar-refractivity contribution in [2.45, 2.75) is 6.42 Å². The quantitative estimate of drug-likeness (QED) is 0.824. The van der Waals surface area contributed by atoms with Gasteiger partial charge in [-0.05, 0) is 18.6 Å².